The second-order valence-corrected chi connectivity index (χ2v) is 3.34. The van der Waals surface area contributed by atoms with Crippen LogP contribution in [0.3, 0.4) is 0 Å². The normalized spacial score (nSPS) is 10.2. The molecule has 0 atom stereocenters. The quantitative estimate of drug-likeness (QED) is 0.755. The van der Waals surface area contributed by atoms with Crippen molar-refractivity contribution in [2.45, 2.75) is 6.42 Å². The summed E-state index contributed by atoms with van der Waals surface area (Å²) in [6.07, 6.45) is 2.37. The van der Waals surface area contributed by atoms with E-state index in [1.807, 2.05) is 11.9 Å². The minimum atomic E-state index is -0.372. The summed E-state index contributed by atoms with van der Waals surface area (Å²) in [4.78, 5) is 13.0. The van der Waals surface area contributed by atoms with E-state index in [9.17, 15) is 4.79 Å². The van der Waals surface area contributed by atoms with E-state index in [-0.39, 0.29) is 10.6 Å². The third-order valence-electron chi connectivity index (χ3n) is 1.89. The summed E-state index contributed by atoms with van der Waals surface area (Å²) in [6, 6.07) is 0. The first-order chi connectivity index (χ1) is 6.66. The van der Waals surface area contributed by atoms with Crippen LogP contribution in [0.15, 0.2) is 11.0 Å². The molecule has 0 amide bonds. The number of nitrogens with one attached hydrogen (secondary N) is 1. The molecule has 0 aliphatic carbocycles. The first kappa shape index (κ1) is 11.0. The van der Waals surface area contributed by atoms with Gasteiger partial charge in [0.15, 0.2) is 0 Å². The number of rotatable bonds is 4. The van der Waals surface area contributed by atoms with Gasteiger partial charge in [0.2, 0.25) is 0 Å². The largest absolute Gasteiger partial charge is 0.372 e. The molecular formula is C8H13ClN4O. The van der Waals surface area contributed by atoms with Gasteiger partial charge in [-0.05, 0) is 13.0 Å². The molecule has 0 spiro atoms. The molecule has 0 aromatic carbocycles. The van der Waals surface area contributed by atoms with Crippen LogP contribution in [0.2, 0.25) is 5.02 Å². The molecule has 1 rings (SSSR count). The van der Waals surface area contributed by atoms with Crippen molar-refractivity contribution in [3.8, 4) is 0 Å². The summed E-state index contributed by atoms with van der Waals surface area (Å²) in [5, 5.41) is 6.11. The smallest absolute Gasteiger partial charge is 0.285 e. The van der Waals surface area contributed by atoms with Gasteiger partial charge in [0.25, 0.3) is 5.56 Å². The standard InChI is InChI=1S/C8H13ClN4O/c1-13(4-2-3-10)6-5-11-12-8(14)7(6)9/h5H,2-4,10H2,1H3,(H,12,14). The molecule has 6 heteroatoms. The summed E-state index contributed by atoms with van der Waals surface area (Å²) >= 11 is 5.81. The lowest BCUT2D eigenvalue weighted by Crippen LogP contribution is -2.24. The van der Waals surface area contributed by atoms with Crippen LogP contribution in [-0.2, 0) is 0 Å². The molecule has 78 valence electrons. The van der Waals surface area contributed by atoms with Crippen LogP contribution in [0.5, 0.6) is 0 Å². The summed E-state index contributed by atoms with van der Waals surface area (Å²) in [6.45, 7) is 1.36. The van der Waals surface area contributed by atoms with Crippen LogP contribution in [0.4, 0.5) is 5.69 Å². The van der Waals surface area contributed by atoms with Crippen molar-refractivity contribution in [2.24, 2.45) is 5.73 Å². The molecular weight excluding hydrogens is 204 g/mol. The number of hydrogen-bond acceptors (Lipinski definition) is 4. The van der Waals surface area contributed by atoms with Crippen molar-refractivity contribution in [2.75, 3.05) is 25.0 Å². The molecule has 0 aliphatic heterocycles. The van der Waals surface area contributed by atoms with Crippen molar-refractivity contribution in [1.82, 2.24) is 10.2 Å². The number of H-pyrrole nitrogens is 1. The van der Waals surface area contributed by atoms with Crippen LogP contribution in [0, 0.1) is 0 Å². The molecule has 0 fully saturated rings. The van der Waals surface area contributed by atoms with Gasteiger partial charge in [-0.1, -0.05) is 11.6 Å². The van der Waals surface area contributed by atoms with E-state index in [4.69, 9.17) is 17.3 Å². The fraction of sp³-hybridized carbons (Fsp3) is 0.500. The van der Waals surface area contributed by atoms with E-state index in [1.54, 1.807) is 0 Å². The predicted molar refractivity (Wildman–Crippen MR) is 56.8 cm³/mol. The average Bonchev–Trinajstić information content (AvgIpc) is 2.18. The van der Waals surface area contributed by atoms with Crippen molar-refractivity contribution < 1.29 is 0 Å². The summed E-state index contributed by atoms with van der Waals surface area (Å²) in [5.41, 5.74) is 5.64. The second-order valence-electron chi connectivity index (χ2n) is 2.96. The molecule has 3 N–H and O–H groups in total. The Balaban J connectivity index is 2.84. The van der Waals surface area contributed by atoms with Gasteiger partial charge in [-0.3, -0.25) is 4.79 Å². The van der Waals surface area contributed by atoms with Crippen LogP contribution in [-0.4, -0.2) is 30.3 Å². The Bertz CT molecular complexity index is 351. The van der Waals surface area contributed by atoms with Gasteiger partial charge in [0.05, 0.1) is 11.9 Å². The number of aromatic nitrogens is 2. The van der Waals surface area contributed by atoms with Gasteiger partial charge in [0, 0.05) is 13.6 Å². The summed E-state index contributed by atoms with van der Waals surface area (Å²) in [7, 11) is 1.85. The highest BCUT2D eigenvalue weighted by molar-refractivity contribution is 6.32. The predicted octanol–water partition coefficient (Wildman–Crippen LogP) is 0.208. The van der Waals surface area contributed by atoms with E-state index < -0.39 is 0 Å². The third kappa shape index (κ3) is 2.46. The zero-order chi connectivity index (χ0) is 10.6. The number of anilines is 1. The van der Waals surface area contributed by atoms with Gasteiger partial charge in [-0.25, -0.2) is 5.10 Å². The molecule has 0 saturated heterocycles. The van der Waals surface area contributed by atoms with Crippen molar-refractivity contribution in [3.63, 3.8) is 0 Å². The number of nitrogens with two attached hydrogens (primary N) is 1. The maximum absolute atomic E-state index is 11.1. The minimum absolute atomic E-state index is 0.166. The van der Waals surface area contributed by atoms with E-state index in [1.165, 1.54) is 6.20 Å². The lowest BCUT2D eigenvalue weighted by atomic mass is 10.3. The van der Waals surface area contributed by atoms with Crippen LogP contribution in [0.1, 0.15) is 6.42 Å². The molecule has 1 aromatic heterocycles. The topological polar surface area (TPSA) is 75.0 Å². The maximum atomic E-state index is 11.1. The molecule has 0 saturated carbocycles. The maximum Gasteiger partial charge on any atom is 0.285 e. The van der Waals surface area contributed by atoms with E-state index >= 15 is 0 Å². The van der Waals surface area contributed by atoms with Crippen LogP contribution < -0.4 is 16.2 Å². The Labute approximate surface area is 86.9 Å². The highest BCUT2D eigenvalue weighted by atomic mass is 35.5. The van der Waals surface area contributed by atoms with Gasteiger partial charge >= 0.3 is 0 Å². The van der Waals surface area contributed by atoms with Gasteiger partial charge < -0.3 is 10.6 Å². The monoisotopic (exact) mass is 216 g/mol. The number of halogens is 1. The molecule has 14 heavy (non-hydrogen) atoms. The van der Waals surface area contributed by atoms with Gasteiger partial charge in [-0.2, -0.15) is 5.10 Å². The Hall–Kier alpha value is -1.07. The van der Waals surface area contributed by atoms with Crippen molar-refractivity contribution >= 4 is 17.3 Å². The zero-order valence-electron chi connectivity index (χ0n) is 7.96. The molecule has 5 nitrogen and oxygen atoms in total. The summed E-state index contributed by atoms with van der Waals surface area (Å²) < 4.78 is 0. The zero-order valence-corrected chi connectivity index (χ0v) is 8.71. The fourth-order valence-electron chi connectivity index (χ4n) is 1.09. The molecule has 0 unspecified atom stereocenters. The molecule has 1 heterocycles. The molecule has 0 aliphatic rings. The Morgan fingerprint density at radius 3 is 3.07 bits per heavy atom. The lowest BCUT2D eigenvalue weighted by molar-refractivity contribution is 0.790. The Morgan fingerprint density at radius 1 is 1.71 bits per heavy atom. The second kappa shape index (κ2) is 4.97. The van der Waals surface area contributed by atoms with Gasteiger partial charge in [0.1, 0.15) is 5.02 Å². The fourth-order valence-corrected chi connectivity index (χ4v) is 1.32. The van der Waals surface area contributed by atoms with Crippen LogP contribution >= 0.6 is 11.6 Å². The Kier molecular flexibility index (Phi) is 3.91. The summed E-state index contributed by atoms with van der Waals surface area (Å²) in [5.74, 6) is 0. The molecule has 1 aromatic rings. The third-order valence-corrected chi connectivity index (χ3v) is 2.25. The highest BCUT2D eigenvalue weighted by Crippen LogP contribution is 2.18. The number of nitrogens with zero attached hydrogens (tertiary/aromatic N) is 2. The SMILES string of the molecule is CN(CCCN)c1cn[nH]c(=O)c1Cl. The lowest BCUT2D eigenvalue weighted by Gasteiger charge is -2.18. The van der Waals surface area contributed by atoms with Crippen LogP contribution in [0.25, 0.3) is 0 Å². The number of hydrogen-bond donors (Lipinski definition) is 2. The highest BCUT2D eigenvalue weighted by Gasteiger charge is 2.08. The molecule has 0 bridgehead atoms. The molecule has 0 radical (unpaired) electrons. The van der Waals surface area contributed by atoms with E-state index in [0.717, 1.165) is 13.0 Å². The van der Waals surface area contributed by atoms with E-state index in [2.05, 4.69) is 10.2 Å². The first-order valence-corrected chi connectivity index (χ1v) is 4.69. The van der Waals surface area contributed by atoms with E-state index in [0.29, 0.717) is 12.2 Å². The Morgan fingerprint density at radius 2 is 2.43 bits per heavy atom. The average molecular weight is 217 g/mol. The van der Waals surface area contributed by atoms with Gasteiger partial charge in [-0.15, -0.1) is 0 Å². The first-order valence-electron chi connectivity index (χ1n) is 4.31. The minimum Gasteiger partial charge on any atom is -0.372 e. The van der Waals surface area contributed by atoms with Crippen molar-refractivity contribution in [3.05, 3.63) is 21.6 Å². The van der Waals surface area contributed by atoms with Crippen molar-refractivity contribution in [1.29, 1.82) is 0 Å². The number of aromatic amines is 1.